The summed E-state index contributed by atoms with van der Waals surface area (Å²) in [6.45, 7) is 5.21. The molecule has 0 fully saturated rings. The average Bonchev–Trinajstić information content (AvgIpc) is 3.03. The molecule has 4 nitrogen and oxygen atoms in total. The largest absolute Gasteiger partial charge is 0.494 e. The number of hydrogen-bond donors (Lipinski definition) is 1. The van der Waals surface area contributed by atoms with Gasteiger partial charge in [-0.25, -0.2) is 0 Å². The summed E-state index contributed by atoms with van der Waals surface area (Å²) in [7, 11) is 1.65. The van der Waals surface area contributed by atoms with Crippen LogP contribution in [0.25, 0.3) is 0 Å². The number of amides is 1. The zero-order valence-corrected chi connectivity index (χ0v) is 14.6. The van der Waals surface area contributed by atoms with E-state index in [4.69, 9.17) is 9.47 Å². The van der Waals surface area contributed by atoms with E-state index in [9.17, 15) is 4.79 Å². The minimum absolute atomic E-state index is 0.00819. The summed E-state index contributed by atoms with van der Waals surface area (Å²) in [5.74, 6) is 0.804. The fraction of sp³-hybridized carbons (Fsp3) is 0.389. The van der Waals surface area contributed by atoms with Crippen molar-refractivity contribution in [2.45, 2.75) is 32.9 Å². The Balaban J connectivity index is 2.03. The van der Waals surface area contributed by atoms with Crippen LogP contribution in [-0.4, -0.2) is 19.6 Å². The molecule has 0 saturated carbocycles. The van der Waals surface area contributed by atoms with Crippen molar-refractivity contribution in [3.8, 4) is 5.75 Å². The van der Waals surface area contributed by atoms with Gasteiger partial charge in [-0.3, -0.25) is 4.79 Å². The summed E-state index contributed by atoms with van der Waals surface area (Å²) in [5, 5.41) is 3.10. The number of rotatable bonds is 8. The van der Waals surface area contributed by atoms with E-state index < -0.39 is 0 Å². The van der Waals surface area contributed by atoms with Gasteiger partial charge in [0.2, 0.25) is 0 Å². The minimum atomic E-state index is -0.0434. The van der Waals surface area contributed by atoms with E-state index in [1.54, 1.807) is 7.11 Å². The van der Waals surface area contributed by atoms with Crippen molar-refractivity contribution in [2.24, 2.45) is 0 Å². The molecule has 1 heterocycles. The van der Waals surface area contributed by atoms with E-state index in [1.807, 2.05) is 43.3 Å². The number of nitrogens with one attached hydrogen (secondary N) is 1. The molecule has 0 spiro atoms. The third-order valence-corrected chi connectivity index (χ3v) is 4.54. The van der Waals surface area contributed by atoms with Crippen LogP contribution >= 0.6 is 11.3 Å². The fourth-order valence-electron chi connectivity index (χ4n) is 2.33. The van der Waals surface area contributed by atoms with Crippen LogP contribution in [-0.2, 0) is 11.3 Å². The second kappa shape index (κ2) is 8.70. The Morgan fingerprint density at radius 3 is 2.52 bits per heavy atom. The third kappa shape index (κ3) is 4.81. The molecule has 0 aliphatic rings. The molecule has 0 aliphatic carbocycles. The molecule has 0 unspecified atom stereocenters. The minimum Gasteiger partial charge on any atom is -0.494 e. The Hall–Kier alpha value is -1.85. The molecular formula is C18H23NO3S. The van der Waals surface area contributed by atoms with Crippen molar-refractivity contribution in [1.82, 2.24) is 5.32 Å². The molecule has 2 aromatic rings. The fourth-order valence-corrected chi connectivity index (χ4v) is 3.22. The van der Waals surface area contributed by atoms with E-state index in [1.165, 1.54) is 11.3 Å². The standard InChI is InChI=1S/C18H23NO3S/c1-4-16(13-6-8-14(9-7-13)22-5-2)19-18(20)17-11-10-15(23-17)12-21-3/h6-11,16H,4-5,12H2,1-3H3,(H,19,20)/t16-/m1/s1. The van der Waals surface area contributed by atoms with E-state index in [0.29, 0.717) is 18.1 Å². The van der Waals surface area contributed by atoms with Crippen LogP contribution in [0.3, 0.4) is 0 Å². The maximum Gasteiger partial charge on any atom is 0.261 e. The Bertz CT molecular complexity index is 621. The summed E-state index contributed by atoms with van der Waals surface area (Å²) < 4.78 is 10.5. The molecule has 2 rings (SSSR count). The Labute approximate surface area is 141 Å². The molecule has 1 aromatic heterocycles. The van der Waals surface area contributed by atoms with Crippen LogP contribution in [0.1, 0.15) is 46.4 Å². The maximum atomic E-state index is 12.4. The Morgan fingerprint density at radius 1 is 1.17 bits per heavy atom. The normalized spacial score (nSPS) is 12.0. The van der Waals surface area contributed by atoms with Crippen molar-refractivity contribution in [3.63, 3.8) is 0 Å². The van der Waals surface area contributed by atoms with Gasteiger partial charge in [0.15, 0.2) is 0 Å². The first-order chi connectivity index (χ1) is 11.2. The summed E-state index contributed by atoms with van der Waals surface area (Å²) in [5.41, 5.74) is 1.08. The molecule has 23 heavy (non-hydrogen) atoms. The number of carbonyl (C=O) groups is 1. The summed E-state index contributed by atoms with van der Waals surface area (Å²) in [6.07, 6.45) is 0.829. The highest BCUT2D eigenvalue weighted by atomic mass is 32.1. The summed E-state index contributed by atoms with van der Waals surface area (Å²) >= 11 is 1.47. The van der Waals surface area contributed by atoms with Gasteiger partial charge in [-0.15, -0.1) is 11.3 Å². The predicted molar refractivity (Wildman–Crippen MR) is 93.1 cm³/mol. The van der Waals surface area contributed by atoms with Crippen molar-refractivity contribution < 1.29 is 14.3 Å². The van der Waals surface area contributed by atoms with Crippen LogP contribution in [0, 0.1) is 0 Å². The zero-order valence-electron chi connectivity index (χ0n) is 13.8. The van der Waals surface area contributed by atoms with Crippen LogP contribution in [0.5, 0.6) is 5.75 Å². The first-order valence-electron chi connectivity index (χ1n) is 7.79. The number of hydrogen-bond acceptors (Lipinski definition) is 4. The molecule has 0 bridgehead atoms. The van der Waals surface area contributed by atoms with Crippen molar-refractivity contribution in [2.75, 3.05) is 13.7 Å². The van der Waals surface area contributed by atoms with E-state index in [-0.39, 0.29) is 11.9 Å². The zero-order chi connectivity index (χ0) is 16.7. The Morgan fingerprint density at radius 2 is 1.91 bits per heavy atom. The van der Waals surface area contributed by atoms with Gasteiger partial charge in [0.05, 0.1) is 24.1 Å². The molecule has 1 N–H and O–H groups in total. The average molecular weight is 333 g/mol. The molecule has 124 valence electrons. The lowest BCUT2D eigenvalue weighted by molar-refractivity contribution is 0.0939. The van der Waals surface area contributed by atoms with Crippen LogP contribution < -0.4 is 10.1 Å². The quantitative estimate of drug-likeness (QED) is 0.788. The molecule has 1 amide bonds. The lowest BCUT2D eigenvalue weighted by Crippen LogP contribution is -2.27. The van der Waals surface area contributed by atoms with Crippen LogP contribution in [0.4, 0.5) is 0 Å². The monoisotopic (exact) mass is 333 g/mol. The van der Waals surface area contributed by atoms with Crippen molar-refractivity contribution in [3.05, 3.63) is 51.7 Å². The predicted octanol–water partition coefficient (Wildman–Crippen LogP) is 4.17. The molecule has 1 aromatic carbocycles. The van der Waals surface area contributed by atoms with Gasteiger partial charge in [-0.1, -0.05) is 19.1 Å². The van der Waals surface area contributed by atoms with Crippen LogP contribution in [0.15, 0.2) is 36.4 Å². The van der Waals surface area contributed by atoms with Gasteiger partial charge >= 0.3 is 0 Å². The first kappa shape index (κ1) is 17.5. The Kier molecular flexibility index (Phi) is 6.62. The third-order valence-electron chi connectivity index (χ3n) is 3.48. The molecule has 0 aliphatic heterocycles. The molecular weight excluding hydrogens is 310 g/mol. The SMILES string of the molecule is CCOc1ccc([C@@H](CC)NC(=O)c2ccc(COC)s2)cc1. The van der Waals surface area contributed by atoms with Crippen molar-refractivity contribution in [1.29, 1.82) is 0 Å². The van der Waals surface area contributed by atoms with E-state index in [2.05, 4.69) is 12.2 Å². The molecule has 5 heteroatoms. The number of ether oxygens (including phenoxy) is 2. The smallest absolute Gasteiger partial charge is 0.261 e. The number of thiophene rings is 1. The molecule has 0 saturated heterocycles. The summed E-state index contributed by atoms with van der Waals surface area (Å²) in [4.78, 5) is 14.2. The van der Waals surface area contributed by atoms with Gasteiger partial charge < -0.3 is 14.8 Å². The molecule has 1 atom stereocenters. The van der Waals surface area contributed by atoms with Gasteiger partial charge in [0, 0.05) is 12.0 Å². The lowest BCUT2D eigenvalue weighted by Gasteiger charge is -2.17. The van der Waals surface area contributed by atoms with Gasteiger partial charge in [-0.2, -0.15) is 0 Å². The number of benzene rings is 1. The highest BCUT2D eigenvalue weighted by Gasteiger charge is 2.16. The topological polar surface area (TPSA) is 47.6 Å². The van der Waals surface area contributed by atoms with Gasteiger partial charge in [0.1, 0.15) is 5.75 Å². The van der Waals surface area contributed by atoms with E-state index >= 15 is 0 Å². The second-order valence-corrected chi connectivity index (χ2v) is 6.30. The first-order valence-corrected chi connectivity index (χ1v) is 8.60. The summed E-state index contributed by atoms with van der Waals surface area (Å²) in [6, 6.07) is 11.7. The highest BCUT2D eigenvalue weighted by molar-refractivity contribution is 7.14. The molecule has 0 radical (unpaired) electrons. The van der Waals surface area contributed by atoms with Gasteiger partial charge in [-0.05, 0) is 43.2 Å². The number of carbonyl (C=O) groups excluding carboxylic acids is 1. The maximum absolute atomic E-state index is 12.4. The van der Waals surface area contributed by atoms with Gasteiger partial charge in [0.25, 0.3) is 5.91 Å². The second-order valence-electron chi connectivity index (χ2n) is 5.14. The highest BCUT2D eigenvalue weighted by Crippen LogP contribution is 2.22. The van der Waals surface area contributed by atoms with E-state index in [0.717, 1.165) is 22.6 Å². The van der Waals surface area contributed by atoms with Crippen molar-refractivity contribution >= 4 is 17.2 Å². The lowest BCUT2D eigenvalue weighted by atomic mass is 10.0. The van der Waals surface area contributed by atoms with Crippen LogP contribution in [0.2, 0.25) is 0 Å². The number of methoxy groups -OCH3 is 1.